The third-order valence-corrected chi connectivity index (χ3v) is 5.81. The summed E-state index contributed by atoms with van der Waals surface area (Å²) in [5.74, 6) is -1.20. The van der Waals surface area contributed by atoms with Crippen LogP contribution in [0.4, 0.5) is 4.39 Å². The number of piperidine rings is 2. The Hall–Kier alpha value is -2.44. The molecule has 0 spiro atoms. The molecule has 0 bridgehead atoms. The number of benzene rings is 1. The molecule has 2 heterocycles. The normalized spacial score (nSPS) is 24.0. The van der Waals surface area contributed by atoms with Gasteiger partial charge in [-0.05, 0) is 50.3 Å². The van der Waals surface area contributed by atoms with Crippen molar-refractivity contribution in [3.05, 3.63) is 35.6 Å². The van der Waals surface area contributed by atoms with E-state index in [9.17, 15) is 18.8 Å². The molecule has 2 aliphatic rings. The first kappa shape index (κ1) is 20.3. The summed E-state index contributed by atoms with van der Waals surface area (Å²) in [4.78, 5) is 41.2. The minimum absolute atomic E-state index is 0.0455. The van der Waals surface area contributed by atoms with Crippen molar-refractivity contribution in [1.82, 2.24) is 15.1 Å². The molecule has 0 aliphatic carbocycles. The summed E-state index contributed by atoms with van der Waals surface area (Å²) in [5.41, 5.74) is 0.715. The summed E-state index contributed by atoms with van der Waals surface area (Å²) in [6.07, 6.45) is 3.80. The van der Waals surface area contributed by atoms with Gasteiger partial charge in [-0.1, -0.05) is 12.1 Å². The lowest BCUT2D eigenvalue weighted by Gasteiger charge is -2.39. The second-order valence-corrected chi connectivity index (χ2v) is 7.76. The van der Waals surface area contributed by atoms with E-state index in [4.69, 9.17) is 0 Å². The second kappa shape index (κ2) is 8.71. The number of nitrogens with zero attached hydrogens (tertiary/aromatic N) is 2. The summed E-state index contributed by atoms with van der Waals surface area (Å²) in [6, 6.07) is 4.80. The fourth-order valence-electron chi connectivity index (χ4n) is 4.20. The molecule has 1 N–H and O–H groups in total. The number of rotatable bonds is 4. The average Bonchev–Trinajstić information content (AvgIpc) is 2.70. The summed E-state index contributed by atoms with van der Waals surface area (Å²) in [6.45, 7) is 3.18. The van der Waals surface area contributed by atoms with Crippen LogP contribution in [-0.4, -0.2) is 53.7 Å². The van der Waals surface area contributed by atoms with Gasteiger partial charge in [0.25, 0.3) is 0 Å². The summed E-state index contributed by atoms with van der Waals surface area (Å²) in [5, 5.41) is 2.85. The number of hydrogen-bond acceptors (Lipinski definition) is 3. The van der Waals surface area contributed by atoms with Crippen LogP contribution in [0, 0.1) is 11.7 Å². The molecule has 2 aliphatic heterocycles. The molecule has 3 atom stereocenters. The molecule has 1 aromatic rings. The number of carbonyl (C=O) groups excluding carboxylic acids is 3. The smallest absolute Gasteiger partial charge is 0.244 e. The van der Waals surface area contributed by atoms with Crippen LogP contribution in [0.5, 0.6) is 0 Å². The van der Waals surface area contributed by atoms with Crippen molar-refractivity contribution in [1.29, 1.82) is 0 Å². The quantitative estimate of drug-likeness (QED) is 0.859. The Balaban J connectivity index is 1.73. The molecule has 2 fully saturated rings. The third kappa shape index (κ3) is 4.34. The van der Waals surface area contributed by atoms with Gasteiger partial charge in [-0.3, -0.25) is 14.4 Å². The van der Waals surface area contributed by atoms with Gasteiger partial charge in [-0.25, -0.2) is 4.39 Å². The lowest BCUT2D eigenvalue weighted by molar-refractivity contribution is -0.144. The third-order valence-electron chi connectivity index (χ3n) is 5.81. The summed E-state index contributed by atoms with van der Waals surface area (Å²) < 4.78 is 13.3. The topological polar surface area (TPSA) is 69.7 Å². The van der Waals surface area contributed by atoms with Gasteiger partial charge in [0.05, 0.1) is 12.0 Å². The Bertz CT molecular complexity index is 731. The first-order chi connectivity index (χ1) is 13.4. The van der Waals surface area contributed by atoms with Gasteiger partial charge in [-0.2, -0.15) is 0 Å². The Morgan fingerprint density at radius 2 is 1.79 bits per heavy atom. The van der Waals surface area contributed by atoms with Crippen LogP contribution in [0.1, 0.15) is 50.6 Å². The second-order valence-electron chi connectivity index (χ2n) is 7.76. The molecule has 2 saturated heterocycles. The highest BCUT2D eigenvalue weighted by Gasteiger charge is 2.39. The van der Waals surface area contributed by atoms with Crippen molar-refractivity contribution in [2.24, 2.45) is 5.92 Å². The monoisotopic (exact) mass is 389 g/mol. The maximum Gasteiger partial charge on any atom is 0.244 e. The SMILES string of the molecule is CC(NC(=O)C1CCC(=O)N(C)C1c1ccc(F)cc1)C(=O)N1CCCCC1. The molecule has 28 heavy (non-hydrogen) atoms. The van der Waals surface area contributed by atoms with E-state index >= 15 is 0 Å². The minimum Gasteiger partial charge on any atom is -0.344 e. The molecule has 0 radical (unpaired) electrons. The van der Waals surface area contributed by atoms with E-state index in [1.165, 1.54) is 12.1 Å². The molecule has 3 unspecified atom stereocenters. The highest BCUT2D eigenvalue weighted by molar-refractivity contribution is 5.90. The molecular weight excluding hydrogens is 361 g/mol. The highest BCUT2D eigenvalue weighted by Crippen LogP contribution is 2.36. The van der Waals surface area contributed by atoms with Crippen LogP contribution >= 0.6 is 0 Å². The summed E-state index contributed by atoms with van der Waals surface area (Å²) in [7, 11) is 1.66. The van der Waals surface area contributed by atoms with E-state index in [1.54, 1.807) is 31.0 Å². The van der Waals surface area contributed by atoms with E-state index in [0.29, 0.717) is 12.0 Å². The van der Waals surface area contributed by atoms with Crippen LogP contribution < -0.4 is 5.32 Å². The van der Waals surface area contributed by atoms with Crippen LogP contribution in [0.3, 0.4) is 0 Å². The Labute approximate surface area is 165 Å². The zero-order chi connectivity index (χ0) is 20.3. The number of halogens is 1. The minimum atomic E-state index is -0.609. The molecule has 6 nitrogen and oxygen atoms in total. The molecule has 1 aromatic carbocycles. The van der Waals surface area contributed by atoms with E-state index in [0.717, 1.165) is 32.4 Å². The zero-order valence-corrected chi connectivity index (χ0v) is 16.5. The fraction of sp³-hybridized carbons (Fsp3) is 0.571. The Morgan fingerprint density at radius 1 is 1.14 bits per heavy atom. The van der Waals surface area contributed by atoms with Crippen LogP contribution in [-0.2, 0) is 14.4 Å². The van der Waals surface area contributed by atoms with E-state index in [1.807, 2.05) is 4.90 Å². The van der Waals surface area contributed by atoms with E-state index < -0.39 is 18.0 Å². The molecule has 0 saturated carbocycles. The van der Waals surface area contributed by atoms with Gasteiger partial charge in [0.15, 0.2) is 0 Å². The van der Waals surface area contributed by atoms with Crippen molar-refractivity contribution < 1.29 is 18.8 Å². The largest absolute Gasteiger partial charge is 0.344 e. The molecule has 0 aromatic heterocycles. The Morgan fingerprint density at radius 3 is 2.43 bits per heavy atom. The van der Waals surface area contributed by atoms with Crippen LogP contribution in [0.15, 0.2) is 24.3 Å². The number of nitrogens with one attached hydrogen (secondary N) is 1. The first-order valence-corrected chi connectivity index (χ1v) is 9.98. The van der Waals surface area contributed by atoms with Gasteiger partial charge in [0.1, 0.15) is 11.9 Å². The maximum atomic E-state index is 13.3. The van der Waals surface area contributed by atoms with Crippen molar-refractivity contribution >= 4 is 17.7 Å². The maximum absolute atomic E-state index is 13.3. The van der Waals surface area contributed by atoms with Gasteiger partial charge < -0.3 is 15.1 Å². The van der Waals surface area contributed by atoms with Crippen molar-refractivity contribution in [2.45, 2.75) is 51.1 Å². The summed E-state index contributed by atoms with van der Waals surface area (Å²) >= 11 is 0. The lowest BCUT2D eigenvalue weighted by atomic mass is 9.84. The zero-order valence-electron chi connectivity index (χ0n) is 16.5. The predicted octanol–water partition coefficient (Wildman–Crippen LogP) is 2.25. The van der Waals surface area contributed by atoms with Crippen molar-refractivity contribution in [3.8, 4) is 0 Å². The van der Waals surface area contributed by atoms with Gasteiger partial charge in [0.2, 0.25) is 17.7 Å². The van der Waals surface area contributed by atoms with Crippen molar-refractivity contribution in [2.75, 3.05) is 20.1 Å². The molecule has 152 valence electrons. The molecule has 3 rings (SSSR count). The van der Waals surface area contributed by atoms with Crippen LogP contribution in [0.25, 0.3) is 0 Å². The standard InChI is InChI=1S/C21H28FN3O3/c1-14(21(28)25-12-4-3-5-13-25)23-20(27)17-10-11-18(26)24(2)19(17)15-6-8-16(22)9-7-15/h6-9,14,17,19H,3-5,10-13H2,1-2H3,(H,23,27). The van der Waals surface area contributed by atoms with Crippen molar-refractivity contribution in [3.63, 3.8) is 0 Å². The average molecular weight is 389 g/mol. The number of likely N-dealkylation sites (tertiary alicyclic amines) is 2. The first-order valence-electron chi connectivity index (χ1n) is 9.98. The van der Waals surface area contributed by atoms with Crippen LogP contribution in [0.2, 0.25) is 0 Å². The highest BCUT2D eigenvalue weighted by atomic mass is 19.1. The van der Waals surface area contributed by atoms with Gasteiger partial charge >= 0.3 is 0 Å². The predicted molar refractivity (Wildman–Crippen MR) is 103 cm³/mol. The lowest BCUT2D eigenvalue weighted by Crippen LogP contribution is -2.52. The molecule has 7 heteroatoms. The Kier molecular flexibility index (Phi) is 6.31. The molecular formula is C21H28FN3O3. The van der Waals surface area contributed by atoms with E-state index in [2.05, 4.69) is 5.32 Å². The number of amides is 3. The number of hydrogen-bond donors (Lipinski definition) is 1. The van der Waals surface area contributed by atoms with E-state index in [-0.39, 0.29) is 30.0 Å². The van der Waals surface area contributed by atoms with Gasteiger partial charge in [0, 0.05) is 26.6 Å². The number of carbonyl (C=O) groups is 3. The fourth-order valence-corrected chi connectivity index (χ4v) is 4.20. The van der Waals surface area contributed by atoms with Gasteiger partial charge in [-0.15, -0.1) is 0 Å². The molecule has 3 amide bonds.